The lowest BCUT2D eigenvalue weighted by Gasteiger charge is -2.33. The number of ether oxygens (including phenoxy) is 1. The quantitative estimate of drug-likeness (QED) is 0.509. The molecule has 2 heterocycles. The molecule has 3 aliphatic rings. The highest BCUT2D eigenvalue weighted by atomic mass is 16.5. The second-order valence-corrected chi connectivity index (χ2v) is 7.67. The lowest BCUT2D eigenvalue weighted by atomic mass is 9.76. The Morgan fingerprint density at radius 1 is 1.27 bits per heavy atom. The van der Waals surface area contributed by atoms with Gasteiger partial charge in [-0.15, -0.1) is 0 Å². The number of carbonyl (C=O) groups excluding carboxylic acids is 4. The van der Waals surface area contributed by atoms with Crippen molar-refractivity contribution >= 4 is 23.9 Å². The molecule has 1 saturated heterocycles. The van der Waals surface area contributed by atoms with E-state index in [0.717, 1.165) is 28.9 Å². The Balaban J connectivity index is 1.69. The minimum absolute atomic E-state index is 0.166. The van der Waals surface area contributed by atoms with Crippen LogP contribution in [0.2, 0.25) is 0 Å². The maximum absolute atomic E-state index is 13.5. The molecule has 5 amide bonds. The summed E-state index contributed by atoms with van der Waals surface area (Å²) >= 11 is 0. The van der Waals surface area contributed by atoms with E-state index < -0.39 is 29.6 Å². The fraction of sp³-hybridized carbons (Fsp3) is 0.429. The first kappa shape index (κ1) is 19.9. The van der Waals surface area contributed by atoms with E-state index in [-0.39, 0.29) is 30.3 Å². The van der Waals surface area contributed by atoms with Crippen molar-refractivity contribution in [2.45, 2.75) is 44.7 Å². The molecule has 9 nitrogen and oxygen atoms in total. The predicted octanol–water partition coefficient (Wildman–Crippen LogP) is 1.29. The third kappa shape index (κ3) is 3.10. The van der Waals surface area contributed by atoms with Crippen LogP contribution in [0.5, 0.6) is 0 Å². The molecule has 0 saturated carbocycles. The summed E-state index contributed by atoms with van der Waals surface area (Å²) in [5.74, 6) is -0.979. The number of esters is 1. The van der Waals surface area contributed by atoms with Crippen LogP contribution in [0.4, 0.5) is 9.59 Å². The first-order chi connectivity index (χ1) is 14.4. The summed E-state index contributed by atoms with van der Waals surface area (Å²) in [4.78, 5) is 51.8. The Hall–Kier alpha value is -3.36. The number of nitrogens with zero attached hydrogens (tertiary/aromatic N) is 1. The van der Waals surface area contributed by atoms with Gasteiger partial charge in [0.15, 0.2) is 0 Å². The molecule has 1 aromatic rings. The lowest BCUT2D eigenvalue weighted by molar-refractivity contribution is -0.139. The van der Waals surface area contributed by atoms with Crippen molar-refractivity contribution in [3.05, 3.63) is 46.7 Å². The average molecular weight is 412 g/mol. The van der Waals surface area contributed by atoms with E-state index in [1.807, 2.05) is 24.3 Å². The lowest BCUT2D eigenvalue weighted by Crippen LogP contribution is -2.52. The van der Waals surface area contributed by atoms with E-state index in [1.54, 1.807) is 13.8 Å². The molecule has 2 unspecified atom stereocenters. The van der Waals surface area contributed by atoms with Crippen LogP contribution in [0.25, 0.3) is 0 Å². The maximum Gasteiger partial charge on any atom is 0.337 e. The van der Waals surface area contributed by atoms with Crippen LogP contribution in [0.15, 0.2) is 35.5 Å². The fourth-order valence-electron chi connectivity index (χ4n) is 4.52. The number of hydrogen-bond donors (Lipinski definition) is 3. The van der Waals surface area contributed by atoms with Crippen molar-refractivity contribution in [3.8, 4) is 0 Å². The Labute approximate surface area is 173 Å². The fourth-order valence-corrected chi connectivity index (χ4v) is 4.52. The first-order valence-electron chi connectivity index (χ1n) is 10.1. The van der Waals surface area contributed by atoms with Gasteiger partial charge in [0, 0.05) is 0 Å². The number of imide groups is 1. The van der Waals surface area contributed by atoms with Crippen LogP contribution in [0.1, 0.15) is 37.8 Å². The minimum atomic E-state index is -1.11. The van der Waals surface area contributed by atoms with Gasteiger partial charge in [-0.25, -0.2) is 14.4 Å². The van der Waals surface area contributed by atoms with Gasteiger partial charge in [-0.1, -0.05) is 24.3 Å². The molecule has 2 atom stereocenters. The molecule has 158 valence electrons. The average Bonchev–Trinajstić information content (AvgIpc) is 2.93. The Bertz CT molecular complexity index is 972. The van der Waals surface area contributed by atoms with Gasteiger partial charge in [0.25, 0.3) is 5.91 Å². The predicted molar refractivity (Wildman–Crippen MR) is 106 cm³/mol. The van der Waals surface area contributed by atoms with Gasteiger partial charge in [-0.05, 0) is 44.2 Å². The highest BCUT2D eigenvalue weighted by Crippen LogP contribution is 2.40. The topological polar surface area (TPSA) is 117 Å². The van der Waals surface area contributed by atoms with Gasteiger partial charge >= 0.3 is 18.0 Å². The summed E-state index contributed by atoms with van der Waals surface area (Å²) in [6.07, 6.45) is 2.11. The second kappa shape index (κ2) is 7.47. The number of rotatable bonds is 4. The molecule has 2 aliphatic heterocycles. The van der Waals surface area contributed by atoms with Gasteiger partial charge in [0.2, 0.25) is 0 Å². The van der Waals surface area contributed by atoms with E-state index >= 15 is 0 Å². The SMILES string of the molecule is CCOC(=O)C1=C(CN2C(=O)NC3(CCCc4ccccc43)C2=O)NC(=O)NC1C. The van der Waals surface area contributed by atoms with E-state index in [2.05, 4.69) is 16.0 Å². The number of urea groups is 2. The molecule has 4 rings (SSSR count). The Kier molecular flexibility index (Phi) is 4.97. The van der Waals surface area contributed by atoms with Crippen LogP contribution in [-0.2, 0) is 26.3 Å². The Morgan fingerprint density at radius 2 is 2.03 bits per heavy atom. The van der Waals surface area contributed by atoms with E-state index in [0.29, 0.717) is 6.42 Å². The zero-order valence-corrected chi connectivity index (χ0v) is 16.9. The summed E-state index contributed by atoms with van der Waals surface area (Å²) in [7, 11) is 0. The third-order valence-corrected chi connectivity index (χ3v) is 5.83. The van der Waals surface area contributed by atoms with Crippen molar-refractivity contribution in [3.63, 3.8) is 0 Å². The zero-order valence-electron chi connectivity index (χ0n) is 16.9. The number of carbonyl (C=O) groups is 4. The smallest absolute Gasteiger partial charge is 0.337 e. The molecular weight excluding hydrogens is 388 g/mol. The van der Waals surface area contributed by atoms with Crippen LogP contribution in [0.3, 0.4) is 0 Å². The monoisotopic (exact) mass is 412 g/mol. The zero-order chi connectivity index (χ0) is 21.5. The summed E-state index contributed by atoms with van der Waals surface area (Å²) < 4.78 is 5.10. The maximum atomic E-state index is 13.5. The molecular formula is C21H24N4O5. The van der Waals surface area contributed by atoms with Gasteiger partial charge in [-0.2, -0.15) is 0 Å². The normalized spacial score (nSPS) is 25.6. The van der Waals surface area contributed by atoms with Crippen LogP contribution in [0, 0.1) is 0 Å². The third-order valence-electron chi connectivity index (χ3n) is 5.83. The van der Waals surface area contributed by atoms with Gasteiger partial charge < -0.3 is 20.7 Å². The van der Waals surface area contributed by atoms with Crippen LogP contribution < -0.4 is 16.0 Å². The number of benzene rings is 1. The molecule has 3 N–H and O–H groups in total. The van der Waals surface area contributed by atoms with Crippen LogP contribution >= 0.6 is 0 Å². The number of fused-ring (bicyclic) bond motifs is 2. The number of aryl methyl sites for hydroxylation is 1. The largest absolute Gasteiger partial charge is 0.463 e. The van der Waals surface area contributed by atoms with E-state index in [9.17, 15) is 19.2 Å². The molecule has 9 heteroatoms. The highest BCUT2D eigenvalue weighted by molar-refractivity contribution is 6.08. The molecule has 1 fully saturated rings. The molecule has 1 spiro atoms. The summed E-state index contributed by atoms with van der Waals surface area (Å²) in [6.45, 7) is 3.27. The van der Waals surface area contributed by atoms with Crippen molar-refractivity contribution in [1.82, 2.24) is 20.9 Å². The summed E-state index contributed by atoms with van der Waals surface area (Å²) in [5, 5.41) is 8.05. The minimum Gasteiger partial charge on any atom is -0.463 e. The molecule has 0 aromatic heterocycles. The number of nitrogens with one attached hydrogen (secondary N) is 3. The molecule has 30 heavy (non-hydrogen) atoms. The Morgan fingerprint density at radius 3 is 2.80 bits per heavy atom. The van der Waals surface area contributed by atoms with Crippen LogP contribution in [-0.4, -0.2) is 48.0 Å². The summed E-state index contributed by atoms with van der Waals surface area (Å²) in [5.41, 5.74) is 1.12. The highest BCUT2D eigenvalue weighted by Gasteiger charge is 2.54. The van der Waals surface area contributed by atoms with Crippen molar-refractivity contribution < 1.29 is 23.9 Å². The number of amides is 5. The van der Waals surface area contributed by atoms with Gasteiger partial charge in [0.05, 0.1) is 30.5 Å². The van der Waals surface area contributed by atoms with Gasteiger partial charge in [0.1, 0.15) is 5.54 Å². The van der Waals surface area contributed by atoms with E-state index in [1.165, 1.54) is 0 Å². The standard InChI is InChI=1S/C21H24N4O5/c1-3-30-17(26)16-12(2)22-19(28)23-15(16)11-25-18(27)21(24-20(25)29)10-6-8-13-7-4-5-9-14(13)21/h4-5,7,9,12H,3,6,8,10-11H2,1-2H3,(H,24,29)(H2,22,23,28). The first-order valence-corrected chi connectivity index (χ1v) is 10.1. The second-order valence-electron chi connectivity index (χ2n) is 7.67. The van der Waals surface area contributed by atoms with Crippen molar-refractivity contribution in [2.24, 2.45) is 0 Å². The van der Waals surface area contributed by atoms with E-state index in [4.69, 9.17) is 4.74 Å². The molecule has 1 aliphatic carbocycles. The van der Waals surface area contributed by atoms with Crippen molar-refractivity contribution in [1.29, 1.82) is 0 Å². The summed E-state index contributed by atoms with van der Waals surface area (Å²) in [6, 6.07) is 5.94. The molecule has 0 bridgehead atoms. The number of hydrogen-bond acceptors (Lipinski definition) is 5. The van der Waals surface area contributed by atoms with Gasteiger partial charge in [-0.3, -0.25) is 9.69 Å². The molecule has 1 aromatic carbocycles. The molecule has 0 radical (unpaired) electrons. The van der Waals surface area contributed by atoms with Crippen molar-refractivity contribution in [2.75, 3.05) is 13.2 Å².